The molecule has 3 rings (SSSR count). The molecular formula is C24H30N2O4S2. The highest BCUT2D eigenvalue weighted by atomic mass is 32.2. The lowest BCUT2D eigenvalue weighted by Crippen LogP contribution is -2.31. The molecule has 0 aliphatic carbocycles. The van der Waals surface area contributed by atoms with Crippen molar-refractivity contribution >= 4 is 57.3 Å². The monoisotopic (exact) mass is 474 g/mol. The molecule has 2 heterocycles. The van der Waals surface area contributed by atoms with Gasteiger partial charge in [0.1, 0.15) is 4.32 Å². The quantitative estimate of drug-likeness (QED) is 0.196. The van der Waals surface area contributed by atoms with Gasteiger partial charge in [0.15, 0.2) is 0 Å². The first kappa shape index (κ1) is 24.5. The molecule has 2 aliphatic rings. The molecule has 0 bridgehead atoms. The Morgan fingerprint density at radius 2 is 1.72 bits per heavy atom. The van der Waals surface area contributed by atoms with Gasteiger partial charge in [-0.15, -0.1) is 0 Å². The second-order valence-electron chi connectivity index (χ2n) is 7.89. The summed E-state index contributed by atoms with van der Waals surface area (Å²) in [7, 11) is 0. The first-order chi connectivity index (χ1) is 15.5. The van der Waals surface area contributed by atoms with Gasteiger partial charge in [-0.3, -0.25) is 19.3 Å². The van der Waals surface area contributed by atoms with Crippen LogP contribution >= 0.6 is 24.0 Å². The van der Waals surface area contributed by atoms with Crippen LogP contribution in [0.1, 0.15) is 64.4 Å². The highest BCUT2D eigenvalue weighted by Crippen LogP contribution is 2.44. The molecule has 1 aromatic rings. The van der Waals surface area contributed by atoms with Gasteiger partial charge in [-0.05, 0) is 25.3 Å². The normalized spacial score (nSPS) is 18.0. The Labute approximate surface area is 199 Å². The van der Waals surface area contributed by atoms with Crippen LogP contribution in [-0.4, -0.2) is 46.7 Å². The second kappa shape index (κ2) is 11.6. The molecule has 0 saturated carbocycles. The molecule has 0 radical (unpaired) electrons. The molecule has 8 heteroatoms. The third kappa shape index (κ3) is 5.41. The number of thiocarbonyl (C=S) groups is 1. The van der Waals surface area contributed by atoms with Crippen molar-refractivity contribution in [2.75, 3.05) is 24.6 Å². The topological polar surface area (TPSA) is 66.9 Å². The molecule has 172 valence electrons. The Morgan fingerprint density at radius 3 is 2.47 bits per heavy atom. The molecule has 0 aromatic heterocycles. The number of benzene rings is 1. The zero-order valence-corrected chi connectivity index (χ0v) is 20.4. The van der Waals surface area contributed by atoms with Gasteiger partial charge in [-0.2, -0.15) is 0 Å². The van der Waals surface area contributed by atoms with E-state index in [0.717, 1.165) is 43.4 Å². The standard InChI is InChI=1S/C24H30N2O4S2/c1-3-5-6-9-14-25-18-12-8-7-11-17(18)20(22(25)28)21-23(29)26(24(31)32-21)15-10-13-19(27)30-16-4-2/h7-8,11-12H,3-6,9-10,13-16H2,1-2H3/b21-20-. The van der Waals surface area contributed by atoms with Gasteiger partial charge >= 0.3 is 5.97 Å². The number of unbranched alkanes of at least 4 members (excludes halogenated alkanes) is 3. The van der Waals surface area contributed by atoms with Crippen molar-refractivity contribution in [3.63, 3.8) is 0 Å². The number of hydrogen-bond donors (Lipinski definition) is 0. The van der Waals surface area contributed by atoms with Crippen LogP contribution < -0.4 is 4.90 Å². The SMILES string of the molecule is CCCCCCN1C(=O)/C(=C2\SC(=S)N(CCCC(=O)OCCC)C2=O)c2ccccc21. The van der Waals surface area contributed by atoms with Gasteiger partial charge < -0.3 is 9.64 Å². The molecule has 0 spiro atoms. The number of amides is 2. The average molecular weight is 475 g/mol. The predicted octanol–water partition coefficient (Wildman–Crippen LogP) is 4.92. The lowest BCUT2D eigenvalue weighted by Gasteiger charge is -2.17. The zero-order valence-electron chi connectivity index (χ0n) is 18.7. The van der Waals surface area contributed by atoms with Crippen LogP contribution in [0.2, 0.25) is 0 Å². The number of nitrogens with zero attached hydrogens (tertiary/aromatic N) is 2. The summed E-state index contributed by atoms with van der Waals surface area (Å²) in [4.78, 5) is 41.9. The largest absolute Gasteiger partial charge is 0.466 e. The summed E-state index contributed by atoms with van der Waals surface area (Å²) >= 11 is 6.61. The van der Waals surface area contributed by atoms with Crippen molar-refractivity contribution in [1.82, 2.24) is 4.90 Å². The highest BCUT2D eigenvalue weighted by molar-refractivity contribution is 8.26. The molecule has 32 heavy (non-hydrogen) atoms. The Morgan fingerprint density at radius 1 is 0.969 bits per heavy atom. The maximum atomic E-state index is 13.4. The predicted molar refractivity (Wildman–Crippen MR) is 132 cm³/mol. The van der Waals surface area contributed by atoms with Crippen LogP contribution in [0.15, 0.2) is 29.2 Å². The highest BCUT2D eigenvalue weighted by Gasteiger charge is 2.41. The lowest BCUT2D eigenvalue weighted by molar-refractivity contribution is -0.144. The third-order valence-electron chi connectivity index (χ3n) is 5.46. The van der Waals surface area contributed by atoms with Crippen molar-refractivity contribution in [2.45, 2.75) is 58.8 Å². The molecule has 0 N–H and O–H groups in total. The van der Waals surface area contributed by atoms with E-state index < -0.39 is 0 Å². The maximum Gasteiger partial charge on any atom is 0.305 e. The van der Waals surface area contributed by atoms with Crippen LogP contribution in [0, 0.1) is 0 Å². The molecule has 1 fully saturated rings. The summed E-state index contributed by atoms with van der Waals surface area (Å²) in [6.07, 6.45) is 5.74. The third-order valence-corrected chi connectivity index (χ3v) is 6.91. The fourth-order valence-electron chi connectivity index (χ4n) is 3.83. The van der Waals surface area contributed by atoms with E-state index in [2.05, 4.69) is 6.92 Å². The first-order valence-electron chi connectivity index (χ1n) is 11.3. The maximum absolute atomic E-state index is 13.4. The number of hydrogen-bond acceptors (Lipinski definition) is 6. The number of fused-ring (bicyclic) bond motifs is 1. The summed E-state index contributed by atoms with van der Waals surface area (Å²) < 4.78 is 5.51. The number of ether oxygens (including phenoxy) is 1. The molecule has 1 aromatic carbocycles. The minimum Gasteiger partial charge on any atom is -0.466 e. The van der Waals surface area contributed by atoms with Crippen molar-refractivity contribution in [3.05, 3.63) is 34.7 Å². The number of esters is 1. The molecule has 0 unspecified atom stereocenters. The molecule has 1 saturated heterocycles. The van der Waals surface area contributed by atoms with E-state index in [-0.39, 0.29) is 24.2 Å². The van der Waals surface area contributed by atoms with Gasteiger partial charge in [0, 0.05) is 25.1 Å². The molecule has 2 amide bonds. The van der Waals surface area contributed by atoms with Gasteiger partial charge in [-0.25, -0.2) is 0 Å². The Kier molecular flexibility index (Phi) is 8.87. The number of carbonyl (C=O) groups excluding carboxylic acids is 3. The number of thioether (sulfide) groups is 1. The number of rotatable bonds is 11. The molecule has 0 atom stereocenters. The second-order valence-corrected chi connectivity index (χ2v) is 9.53. The van der Waals surface area contributed by atoms with Crippen molar-refractivity contribution < 1.29 is 19.1 Å². The average Bonchev–Trinajstić information content (AvgIpc) is 3.22. The fraction of sp³-hybridized carbons (Fsp3) is 0.500. The summed E-state index contributed by atoms with van der Waals surface area (Å²) in [6, 6.07) is 7.62. The van der Waals surface area contributed by atoms with E-state index in [4.69, 9.17) is 17.0 Å². The van der Waals surface area contributed by atoms with Crippen molar-refractivity contribution in [1.29, 1.82) is 0 Å². The van der Waals surface area contributed by atoms with E-state index in [1.165, 1.54) is 16.7 Å². The van der Waals surface area contributed by atoms with E-state index >= 15 is 0 Å². The Hall–Kier alpha value is -2.19. The Balaban J connectivity index is 1.75. The van der Waals surface area contributed by atoms with Gasteiger partial charge in [0.2, 0.25) is 0 Å². The summed E-state index contributed by atoms with van der Waals surface area (Å²) in [6.45, 7) is 5.47. The van der Waals surface area contributed by atoms with Gasteiger partial charge in [0.05, 0.1) is 22.8 Å². The van der Waals surface area contributed by atoms with Crippen LogP contribution in [-0.2, 0) is 19.1 Å². The summed E-state index contributed by atoms with van der Waals surface area (Å²) in [5, 5.41) is 0. The number of para-hydroxylation sites is 1. The molecular weight excluding hydrogens is 444 g/mol. The first-order valence-corrected chi connectivity index (χ1v) is 12.6. The van der Waals surface area contributed by atoms with E-state index in [1.807, 2.05) is 31.2 Å². The van der Waals surface area contributed by atoms with E-state index in [0.29, 0.717) is 40.9 Å². The van der Waals surface area contributed by atoms with Gasteiger partial charge in [0.25, 0.3) is 11.8 Å². The minimum atomic E-state index is -0.269. The van der Waals surface area contributed by atoms with Crippen LogP contribution in [0.4, 0.5) is 5.69 Å². The minimum absolute atomic E-state index is 0.133. The smallest absolute Gasteiger partial charge is 0.305 e. The van der Waals surface area contributed by atoms with Crippen LogP contribution in [0.5, 0.6) is 0 Å². The van der Waals surface area contributed by atoms with Crippen LogP contribution in [0.25, 0.3) is 5.57 Å². The van der Waals surface area contributed by atoms with Crippen molar-refractivity contribution in [3.8, 4) is 0 Å². The van der Waals surface area contributed by atoms with E-state index in [1.54, 1.807) is 4.90 Å². The summed E-state index contributed by atoms with van der Waals surface area (Å²) in [5.74, 6) is -0.659. The molecule has 2 aliphatic heterocycles. The Bertz CT molecular complexity index is 928. The number of anilines is 1. The van der Waals surface area contributed by atoms with Crippen molar-refractivity contribution in [2.24, 2.45) is 0 Å². The fourth-order valence-corrected chi connectivity index (χ4v) is 5.21. The molecule has 6 nitrogen and oxygen atoms in total. The number of carbonyl (C=O) groups is 3. The zero-order chi connectivity index (χ0) is 23.1. The van der Waals surface area contributed by atoms with Gasteiger partial charge in [-0.1, -0.05) is 75.3 Å². The lowest BCUT2D eigenvalue weighted by atomic mass is 10.1. The summed E-state index contributed by atoms with van der Waals surface area (Å²) in [5.41, 5.74) is 2.09. The van der Waals surface area contributed by atoms with Crippen LogP contribution in [0.3, 0.4) is 0 Å². The van der Waals surface area contributed by atoms with E-state index in [9.17, 15) is 14.4 Å².